The van der Waals surface area contributed by atoms with Crippen LogP contribution in [-0.2, 0) is 26.2 Å². The highest BCUT2D eigenvalue weighted by Gasteiger charge is 2.34. The number of hydrogen-bond donors (Lipinski definition) is 1. The molecule has 2 amide bonds. The SMILES string of the molecule is CCC(C(=O)NCC(C)C)N(Cc1ccc(OC)cc1)C(=O)CN(c1ccc(C)cc1C)S(=O)(=O)c1ccc(C)cc1. The van der Waals surface area contributed by atoms with Gasteiger partial charge in [-0.15, -0.1) is 0 Å². The zero-order chi connectivity index (χ0) is 31.0. The molecule has 0 heterocycles. The van der Waals surface area contributed by atoms with E-state index in [0.717, 1.165) is 26.6 Å². The molecule has 1 atom stereocenters. The van der Waals surface area contributed by atoms with Gasteiger partial charge in [0, 0.05) is 13.1 Å². The molecule has 0 fully saturated rings. The fourth-order valence-electron chi connectivity index (χ4n) is 4.71. The number of benzene rings is 3. The zero-order valence-electron chi connectivity index (χ0n) is 25.7. The normalized spacial score (nSPS) is 12.1. The lowest BCUT2D eigenvalue weighted by molar-refractivity contribution is -0.140. The van der Waals surface area contributed by atoms with Crippen molar-refractivity contribution < 1.29 is 22.7 Å². The van der Waals surface area contributed by atoms with Crippen LogP contribution in [0.2, 0.25) is 0 Å². The van der Waals surface area contributed by atoms with Gasteiger partial charge < -0.3 is 15.0 Å². The Labute approximate surface area is 250 Å². The Morgan fingerprint density at radius 2 is 1.52 bits per heavy atom. The number of hydrogen-bond acceptors (Lipinski definition) is 5. The summed E-state index contributed by atoms with van der Waals surface area (Å²) in [7, 11) is -2.55. The Kier molecular flexibility index (Phi) is 11.2. The lowest BCUT2D eigenvalue weighted by atomic mass is 10.1. The Morgan fingerprint density at radius 1 is 0.905 bits per heavy atom. The first-order chi connectivity index (χ1) is 19.9. The molecule has 42 heavy (non-hydrogen) atoms. The lowest BCUT2D eigenvalue weighted by Gasteiger charge is -2.33. The molecule has 0 saturated heterocycles. The monoisotopic (exact) mass is 593 g/mol. The standard InChI is InChI=1S/C33H43N3O5S/c1-8-30(33(38)34-20-23(2)3)35(21-27-12-14-28(41-7)15-13-27)32(37)22-36(31-18-11-25(5)19-26(31)6)42(39,40)29-16-9-24(4)10-17-29/h9-19,23,30H,8,20-22H2,1-7H3,(H,34,38). The fraction of sp³-hybridized carbons (Fsp3) is 0.394. The third-order valence-electron chi connectivity index (χ3n) is 7.09. The maximum Gasteiger partial charge on any atom is 0.264 e. The fourth-order valence-corrected chi connectivity index (χ4v) is 6.18. The van der Waals surface area contributed by atoms with Gasteiger partial charge in [-0.25, -0.2) is 8.42 Å². The second-order valence-corrected chi connectivity index (χ2v) is 12.9. The van der Waals surface area contributed by atoms with Gasteiger partial charge in [0.25, 0.3) is 10.0 Å². The van der Waals surface area contributed by atoms with Crippen molar-refractivity contribution in [2.75, 3.05) is 24.5 Å². The van der Waals surface area contributed by atoms with Crippen LogP contribution in [0.3, 0.4) is 0 Å². The van der Waals surface area contributed by atoms with Crippen LogP contribution in [0.25, 0.3) is 0 Å². The molecule has 1 unspecified atom stereocenters. The molecule has 8 nitrogen and oxygen atoms in total. The van der Waals surface area contributed by atoms with E-state index in [-0.39, 0.29) is 23.3 Å². The smallest absolute Gasteiger partial charge is 0.264 e. The largest absolute Gasteiger partial charge is 0.497 e. The first kappa shape index (κ1) is 32.7. The number of rotatable bonds is 13. The summed E-state index contributed by atoms with van der Waals surface area (Å²) in [6.45, 7) is 11.6. The van der Waals surface area contributed by atoms with Gasteiger partial charge in [0.2, 0.25) is 11.8 Å². The number of carbonyl (C=O) groups is 2. The van der Waals surface area contributed by atoms with Crippen molar-refractivity contribution in [3.63, 3.8) is 0 Å². The number of anilines is 1. The number of nitrogens with zero attached hydrogens (tertiary/aromatic N) is 2. The van der Waals surface area contributed by atoms with Crippen molar-refractivity contribution in [2.45, 2.75) is 65.4 Å². The van der Waals surface area contributed by atoms with Crippen LogP contribution >= 0.6 is 0 Å². The predicted molar refractivity (Wildman–Crippen MR) is 167 cm³/mol. The highest BCUT2D eigenvalue weighted by atomic mass is 32.2. The molecule has 0 aliphatic rings. The molecular formula is C33H43N3O5S. The van der Waals surface area contributed by atoms with Crippen molar-refractivity contribution >= 4 is 27.5 Å². The highest BCUT2D eigenvalue weighted by Crippen LogP contribution is 2.28. The van der Waals surface area contributed by atoms with E-state index >= 15 is 0 Å². The van der Waals surface area contributed by atoms with Crippen molar-refractivity contribution in [2.24, 2.45) is 5.92 Å². The second kappa shape index (κ2) is 14.4. The summed E-state index contributed by atoms with van der Waals surface area (Å²) in [4.78, 5) is 29.2. The molecule has 3 aromatic carbocycles. The summed E-state index contributed by atoms with van der Waals surface area (Å²) in [5.41, 5.74) is 3.83. The van der Waals surface area contributed by atoms with Crippen LogP contribution in [0, 0.1) is 26.7 Å². The first-order valence-electron chi connectivity index (χ1n) is 14.2. The summed E-state index contributed by atoms with van der Waals surface area (Å²) in [5, 5.41) is 2.95. The van der Waals surface area contributed by atoms with Gasteiger partial charge in [0.1, 0.15) is 18.3 Å². The number of ether oxygens (including phenoxy) is 1. The number of methoxy groups -OCH3 is 1. The van der Waals surface area contributed by atoms with Crippen LogP contribution in [0.1, 0.15) is 49.4 Å². The van der Waals surface area contributed by atoms with Crippen molar-refractivity contribution in [1.82, 2.24) is 10.2 Å². The Hall–Kier alpha value is -3.85. The maximum atomic E-state index is 14.2. The number of carbonyl (C=O) groups excluding carboxylic acids is 2. The van der Waals surface area contributed by atoms with Crippen LogP contribution in [0.5, 0.6) is 5.75 Å². The molecule has 0 spiro atoms. The van der Waals surface area contributed by atoms with Gasteiger partial charge in [0.05, 0.1) is 17.7 Å². The molecule has 1 N–H and O–H groups in total. The van der Waals surface area contributed by atoms with E-state index in [9.17, 15) is 18.0 Å². The van der Waals surface area contributed by atoms with Gasteiger partial charge in [-0.05, 0) is 74.6 Å². The van der Waals surface area contributed by atoms with Gasteiger partial charge in [-0.1, -0.05) is 68.3 Å². The second-order valence-electron chi connectivity index (χ2n) is 11.0. The summed E-state index contributed by atoms with van der Waals surface area (Å²) in [6, 6.07) is 18.5. The molecule has 226 valence electrons. The van der Waals surface area contributed by atoms with Crippen LogP contribution < -0.4 is 14.4 Å². The minimum atomic E-state index is -4.12. The molecule has 0 bridgehead atoms. The zero-order valence-corrected chi connectivity index (χ0v) is 26.5. The number of sulfonamides is 1. The van der Waals surface area contributed by atoms with Crippen molar-refractivity contribution in [3.05, 3.63) is 89.0 Å². The summed E-state index contributed by atoms with van der Waals surface area (Å²) < 4.78 is 34.6. The highest BCUT2D eigenvalue weighted by molar-refractivity contribution is 7.92. The maximum absolute atomic E-state index is 14.2. The van der Waals surface area contributed by atoms with E-state index in [1.807, 2.05) is 65.8 Å². The summed E-state index contributed by atoms with van der Waals surface area (Å²) >= 11 is 0. The number of aryl methyl sites for hydroxylation is 3. The third kappa shape index (κ3) is 8.12. The van der Waals surface area contributed by atoms with Gasteiger partial charge >= 0.3 is 0 Å². The Morgan fingerprint density at radius 3 is 2.07 bits per heavy atom. The molecule has 9 heteroatoms. The third-order valence-corrected chi connectivity index (χ3v) is 8.87. The minimum Gasteiger partial charge on any atom is -0.497 e. The van der Waals surface area contributed by atoms with Gasteiger partial charge in [-0.3, -0.25) is 13.9 Å². The predicted octanol–water partition coefficient (Wildman–Crippen LogP) is 5.40. The number of amides is 2. The van der Waals surface area contributed by atoms with E-state index in [4.69, 9.17) is 4.74 Å². The van der Waals surface area contributed by atoms with Crippen LogP contribution in [0.4, 0.5) is 5.69 Å². The molecule has 3 aromatic rings. The Balaban J connectivity index is 2.07. The van der Waals surface area contributed by atoms with E-state index in [2.05, 4.69) is 5.32 Å². The number of nitrogens with one attached hydrogen (secondary N) is 1. The summed E-state index contributed by atoms with van der Waals surface area (Å²) in [5.74, 6) is 0.154. The first-order valence-corrected chi connectivity index (χ1v) is 15.7. The quantitative estimate of drug-likeness (QED) is 0.287. The van der Waals surface area contributed by atoms with E-state index in [1.165, 1.54) is 4.90 Å². The average Bonchev–Trinajstić information content (AvgIpc) is 2.95. The average molecular weight is 594 g/mol. The van der Waals surface area contributed by atoms with E-state index in [0.29, 0.717) is 24.4 Å². The minimum absolute atomic E-state index is 0.0873. The van der Waals surface area contributed by atoms with Gasteiger partial charge in [0.15, 0.2) is 0 Å². The van der Waals surface area contributed by atoms with Crippen LogP contribution in [0.15, 0.2) is 71.6 Å². The van der Waals surface area contributed by atoms with Gasteiger partial charge in [-0.2, -0.15) is 0 Å². The topological polar surface area (TPSA) is 96.0 Å². The molecule has 0 aliphatic carbocycles. The molecular weight excluding hydrogens is 550 g/mol. The molecule has 0 saturated carbocycles. The Bertz CT molecular complexity index is 1470. The molecule has 0 aromatic heterocycles. The van der Waals surface area contributed by atoms with E-state index in [1.54, 1.807) is 49.6 Å². The van der Waals surface area contributed by atoms with Crippen molar-refractivity contribution in [1.29, 1.82) is 0 Å². The molecule has 0 aliphatic heterocycles. The van der Waals surface area contributed by atoms with Crippen LogP contribution in [-0.4, -0.2) is 51.4 Å². The lowest BCUT2D eigenvalue weighted by Crippen LogP contribution is -2.52. The summed E-state index contributed by atoms with van der Waals surface area (Å²) in [6.07, 6.45) is 0.361. The molecule has 0 radical (unpaired) electrons. The molecule has 3 rings (SSSR count). The van der Waals surface area contributed by atoms with Crippen molar-refractivity contribution in [3.8, 4) is 5.75 Å². The van der Waals surface area contributed by atoms with E-state index < -0.39 is 28.5 Å².